The Balaban J connectivity index is 2.21. The molecule has 0 aliphatic rings. The summed E-state index contributed by atoms with van der Waals surface area (Å²) < 4.78 is 1.74. The molecule has 0 fully saturated rings. The zero-order valence-corrected chi connectivity index (χ0v) is 9.58. The van der Waals surface area contributed by atoms with Gasteiger partial charge in [0.25, 0.3) is 0 Å². The van der Waals surface area contributed by atoms with E-state index in [2.05, 4.69) is 0 Å². The zero-order valence-electron chi connectivity index (χ0n) is 9.58. The predicted octanol–water partition coefficient (Wildman–Crippen LogP) is 2.88. The Bertz CT molecular complexity index is 714. The quantitative estimate of drug-likeness (QED) is 0.696. The molecular weight excluding hydrogens is 226 g/mol. The van der Waals surface area contributed by atoms with Gasteiger partial charge in [-0.3, -0.25) is 4.79 Å². The van der Waals surface area contributed by atoms with E-state index < -0.39 is 0 Å². The lowest BCUT2D eigenvalue weighted by molar-refractivity contribution is 0.103. The number of carbonyl (C=O) groups is 1. The van der Waals surface area contributed by atoms with Crippen LogP contribution in [0.5, 0.6) is 5.75 Å². The van der Waals surface area contributed by atoms with Gasteiger partial charge in [0.1, 0.15) is 5.75 Å². The molecule has 1 aromatic carbocycles. The molecule has 0 unspecified atom stereocenters. The maximum absolute atomic E-state index is 12.4. The maximum Gasteiger partial charge on any atom is 0.198 e. The summed E-state index contributed by atoms with van der Waals surface area (Å²) in [6.07, 6.45) is 3.35. The van der Waals surface area contributed by atoms with Crippen molar-refractivity contribution in [1.29, 1.82) is 0 Å². The first kappa shape index (κ1) is 10.6. The van der Waals surface area contributed by atoms with E-state index in [1.54, 1.807) is 28.9 Å². The van der Waals surface area contributed by atoms with Gasteiger partial charge < -0.3 is 9.51 Å². The van der Waals surface area contributed by atoms with E-state index in [1.165, 1.54) is 0 Å². The monoisotopic (exact) mass is 237 g/mol. The number of rotatable bonds is 2. The molecule has 2 heterocycles. The molecule has 1 N–H and O–H groups in total. The Labute approximate surface area is 104 Å². The number of pyridine rings is 1. The highest BCUT2D eigenvalue weighted by Crippen LogP contribution is 2.26. The van der Waals surface area contributed by atoms with Crippen LogP contribution in [0.3, 0.4) is 0 Å². The van der Waals surface area contributed by atoms with Gasteiger partial charge >= 0.3 is 0 Å². The average molecular weight is 237 g/mol. The van der Waals surface area contributed by atoms with Crippen molar-refractivity contribution >= 4 is 11.3 Å². The molecule has 2 aromatic heterocycles. The molecule has 0 spiro atoms. The molecule has 0 radical (unpaired) electrons. The number of aromatic nitrogens is 1. The first-order valence-corrected chi connectivity index (χ1v) is 5.66. The van der Waals surface area contributed by atoms with Gasteiger partial charge in [-0.05, 0) is 12.1 Å². The highest BCUT2D eigenvalue weighted by atomic mass is 16.3. The largest absolute Gasteiger partial charge is 0.506 e. The second-order valence-corrected chi connectivity index (χ2v) is 4.08. The summed E-state index contributed by atoms with van der Waals surface area (Å²) in [5, 5.41) is 9.92. The number of fused-ring (bicyclic) bond motifs is 1. The zero-order chi connectivity index (χ0) is 12.5. The molecule has 18 heavy (non-hydrogen) atoms. The molecule has 88 valence electrons. The molecule has 0 aliphatic heterocycles. The first-order chi connectivity index (χ1) is 8.77. The number of benzene rings is 1. The number of ketones is 1. The van der Waals surface area contributed by atoms with Crippen molar-refractivity contribution in [3.05, 3.63) is 72.1 Å². The lowest BCUT2D eigenvalue weighted by Crippen LogP contribution is -2.00. The third-order valence-corrected chi connectivity index (χ3v) is 2.93. The second-order valence-electron chi connectivity index (χ2n) is 4.08. The van der Waals surface area contributed by atoms with Crippen molar-refractivity contribution in [2.24, 2.45) is 0 Å². The van der Waals surface area contributed by atoms with Gasteiger partial charge in [0.15, 0.2) is 5.78 Å². The van der Waals surface area contributed by atoms with E-state index in [1.807, 2.05) is 36.4 Å². The van der Waals surface area contributed by atoms with Gasteiger partial charge in [-0.25, -0.2) is 0 Å². The van der Waals surface area contributed by atoms with E-state index in [0.717, 1.165) is 0 Å². The molecule has 0 saturated carbocycles. The number of hydrogen-bond donors (Lipinski definition) is 1. The predicted molar refractivity (Wildman–Crippen MR) is 68.9 cm³/mol. The van der Waals surface area contributed by atoms with Crippen LogP contribution in [-0.4, -0.2) is 15.3 Å². The Morgan fingerprint density at radius 2 is 1.72 bits per heavy atom. The molecule has 0 amide bonds. The normalized spacial score (nSPS) is 10.7. The lowest BCUT2D eigenvalue weighted by Gasteiger charge is -2.00. The molecule has 3 rings (SSSR count). The summed E-state index contributed by atoms with van der Waals surface area (Å²) in [5.41, 5.74) is 1.63. The van der Waals surface area contributed by atoms with Crippen molar-refractivity contribution in [3.63, 3.8) is 0 Å². The Morgan fingerprint density at radius 1 is 1.00 bits per heavy atom. The van der Waals surface area contributed by atoms with Crippen LogP contribution in [0.15, 0.2) is 60.9 Å². The fourth-order valence-electron chi connectivity index (χ4n) is 2.07. The van der Waals surface area contributed by atoms with E-state index in [0.29, 0.717) is 16.6 Å². The SMILES string of the molecule is O=C(c1ccccc1)c1c(O)cn2ccccc12. The van der Waals surface area contributed by atoms with Crippen LogP contribution in [0.25, 0.3) is 5.52 Å². The molecule has 0 bridgehead atoms. The first-order valence-electron chi connectivity index (χ1n) is 5.66. The molecular formula is C15H11NO2. The summed E-state index contributed by atoms with van der Waals surface area (Å²) in [7, 11) is 0. The summed E-state index contributed by atoms with van der Waals surface area (Å²) in [6.45, 7) is 0. The topological polar surface area (TPSA) is 41.7 Å². The number of hydrogen-bond acceptors (Lipinski definition) is 2. The molecule has 0 aliphatic carbocycles. The van der Waals surface area contributed by atoms with Crippen molar-refractivity contribution in [2.75, 3.05) is 0 Å². The average Bonchev–Trinajstić information content (AvgIpc) is 2.75. The number of nitrogens with zero attached hydrogens (tertiary/aromatic N) is 1. The van der Waals surface area contributed by atoms with Crippen molar-refractivity contribution in [3.8, 4) is 5.75 Å². The molecule has 3 nitrogen and oxygen atoms in total. The highest BCUT2D eigenvalue weighted by Gasteiger charge is 2.18. The molecule has 3 heteroatoms. The van der Waals surface area contributed by atoms with Crippen LogP contribution in [-0.2, 0) is 0 Å². The number of aromatic hydroxyl groups is 1. The lowest BCUT2D eigenvalue weighted by atomic mass is 10.0. The van der Waals surface area contributed by atoms with Crippen LogP contribution in [0.4, 0.5) is 0 Å². The van der Waals surface area contributed by atoms with Gasteiger partial charge in [0.05, 0.1) is 17.3 Å². The molecule has 0 atom stereocenters. The van der Waals surface area contributed by atoms with Gasteiger partial charge in [0.2, 0.25) is 0 Å². The smallest absolute Gasteiger partial charge is 0.198 e. The van der Waals surface area contributed by atoms with Crippen LogP contribution in [0.1, 0.15) is 15.9 Å². The molecule has 0 saturated heterocycles. The van der Waals surface area contributed by atoms with Crippen LogP contribution < -0.4 is 0 Å². The summed E-state index contributed by atoms with van der Waals surface area (Å²) in [4.78, 5) is 12.4. The standard InChI is InChI=1S/C15H11NO2/c17-13-10-16-9-5-4-8-12(16)14(13)15(18)11-6-2-1-3-7-11/h1-10,17H. The summed E-state index contributed by atoms with van der Waals surface area (Å²) >= 11 is 0. The third kappa shape index (κ3) is 1.57. The molecule has 3 aromatic rings. The Morgan fingerprint density at radius 3 is 2.50 bits per heavy atom. The second kappa shape index (κ2) is 4.04. The minimum atomic E-state index is -0.165. The Hall–Kier alpha value is -2.55. The highest BCUT2D eigenvalue weighted by molar-refractivity contribution is 6.15. The van der Waals surface area contributed by atoms with Crippen LogP contribution >= 0.6 is 0 Å². The summed E-state index contributed by atoms with van der Waals surface area (Å²) in [5.74, 6) is -0.156. The van der Waals surface area contributed by atoms with Crippen molar-refractivity contribution in [1.82, 2.24) is 4.40 Å². The van der Waals surface area contributed by atoms with Crippen LogP contribution in [0, 0.1) is 0 Å². The van der Waals surface area contributed by atoms with E-state index >= 15 is 0 Å². The van der Waals surface area contributed by atoms with Crippen LogP contribution in [0.2, 0.25) is 0 Å². The van der Waals surface area contributed by atoms with Gasteiger partial charge in [-0.2, -0.15) is 0 Å². The van der Waals surface area contributed by atoms with Crippen molar-refractivity contribution in [2.45, 2.75) is 0 Å². The minimum absolute atomic E-state index is 0.00931. The fraction of sp³-hybridized carbons (Fsp3) is 0. The fourth-order valence-corrected chi connectivity index (χ4v) is 2.07. The van der Waals surface area contributed by atoms with E-state index in [9.17, 15) is 9.90 Å². The minimum Gasteiger partial charge on any atom is -0.506 e. The Kier molecular flexibility index (Phi) is 2.38. The number of carbonyl (C=O) groups excluding carboxylic acids is 1. The van der Waals surface area contributed by atoms with E-state index in [-0.39, 0.29) is 11.5 Å². The van der Waals surface area contributed by atoms with Crippen molar-refractivity contribution < 1.29 is 9.90 Å². The maximum atomic E-state index is 12.4. The van der Waals surface area contributed by atoms with Gasteiger partial charge in [-0.15, -0.1) is 0 Å². The summed E-state index contributed by atoms with van der Waals surface area (Å²) in [6, 6.07) is 14.5. The van der Waals surface area contributed by atoms with Gasteiger partial charge in [-0.1, -0.05) is 36.4 Å². The third-order valence-electron chi connectivity index (χ3n) is 2.93. The van der Waals surface area contributed by atoms with Gasteiger partial charge in [0, 0.05) is 11.8 Å². The van der Waals surface area contributed by atoms with E-state index in [4.69, 9.17) is 0 Å².